The molecular weight excluding hydrogens is 188 g/mol. The van der Waals surface area contributed by atoms with Crippen LogP contribution in [0.3, 0.4) is 0 Å². The summed E-state index contributed by atoms with van der Waals surface area (Å²) in [4.78, 5) is 18.2. The van der Waals surface area contributed by atoms with Gasteiger partial charge in [-0.3, -0.25) is 9.78 Å². The topological polar surface area (TPSA) is 45.8 Å². The van der Waals surface area contributed by atoms with E-state index in [-0.39, 0.29) is 0 Å². The first kappa shape index (κ1) is 8.17. The maximum Gasteiger partial charge on any atom is 0.152 e. The maximum atomic E-state index is 10.8. The molecule has 0 saturated carbocycles. The molecule has 2 aromatic heterocycles. The van der Waals surface area contributed by atoms with Gasteiger partial charge in [-0.05, 0) is 6.07 Å². The third-order valence-electron chi connectivity index (χ3n) is 2.58. The van der Waals surface area contributed by atoms with Crippen molar-refractivity contribution in [2.24, 2.45) is 0 Å². The van der Waals surface area contributed by atoms with Gasteiger partial charge in [-0.1, -0.05) is 18.2 Å². The summed E-state index contributed by atoms with van der Waals surface area (Å²) in [6.45, 7) is 0. The molecule has 0 aliphatic rings. The lowest BCUT2D eigenvalue weighted by Gasteiger charge is -1.97. The van der Waals surface area contributed by atoms with Crippen molar-refractivity contribution in [1.29, 1.82) is 0 Å². The number of benzene rings is 1. The lowest BCUT2D eigenvalue weighted by Crippen LogP contribution is -1.80. The Labute approximate surface area is 85.8 Å². The number of nitrogens with one attached hydrogen (secondary N) is 1. The summed E-state index contributed by atoms with van der Waals surface area (Å²) in [6.07, 6.45) is 4.32. The first-order chi connectivity index (χ1) is 7.40. The highest BCUT2D eigenvalue weighted by Crippen LogP contribution is 2.24. The van der Waals surface area contributed by atoms with E-state index in [9.17, 15) is 4.79 Å². The summed E-state index contributed by atoms with van der Waals surface area (Å²) in [7, 11) is 0. The Bertz CT molecular complexity index is 655. The third kappa shape index (κ3) is 1.06. The Morgan fingerprint density at radius 3 is 3.07 bits per heavy atom. The van der Waals surface area contributed by atoms with Gasteiger partial charge in [0.05, 0.1) is 11.0 Å². The number of pyridine rings is 1. The number of carbonyl (C=O) groups excluding carboxylic acids is 1. The van der Waals surface area contributed by atoms with Crippen molar-refractivity contribution in [2.45, 2.75) is 0 Å². The highest BCUT2D eigenvalue weighted by molar-refractivity contribution is 6.08. The molecule has 0 bridgehead atoms. The zero-order valence-corrected chi connectivity index (χ0v) is 7.90. The lowest BCUT2D eigenvalue weighted by atomic mass is 10.1. The molecule has 72 valence electrons. The van der Waals surface area contributed by atoms with Gasteiger partial charge in [-0.2, -0.15) is 0 Å². The zero-order chi connectivity index (χ0) is 10.3. The molecule has 3 heteroatoms. The SMILES string of the molecule is O=Cc1c[nH]c2c1ccc1cccnc12. The second-order valence-corrected chi connectivity index (χ2v) is 3.43. The highest BCUT2D eigenvalue weighted by atomic mass is 16.1. The van der Waals surface area contributed by atoms with Crippen LogP contribution in [-0.2, 0) is 0 Å². The molecular formula is C12H8N2O. The van der Waals surface area contributed by atoms with Gasteiger partial charge >= 0.3 is 0 Å². The van der Waals surface area contributed by atoms with Crippen LogP contribution in [0.25, 0.3) is 21.8 Å². The van der Waals surface area contributed by atoms with Gasteiger partial charge in [0.15, 0.2) is 6.29 Å². The Kier molecular flexibility index (Phi) is 1.59. The zero-order valence-electron chi connectivity index (χ0n) is 7.90. The Morgan fingerprint density at radius 1 is 1.27 bits per heavy atom. The molecule has 0 fully saturated rings. The Balaban J connectivity index is 2.55. The fourth-order valence-electron chi connectivity index (χ4n) is 1.86. The first-order valence-corrected chi connectivity index (χ1v) is 4.70. The molecule has 1 aromatic carbocycles. The van der Waals surface area contributed by atoms with E-state index in [1.54, 1.807) is 12.4 Å². The van der Waals surface area contributed by atoms with Crippen LogP contribution in [0.15, 0.2) is 36.7 Å². The van der Waals surface area contributed by atoms with Gasteiger partial charge in [-0.25, -0.2) is 0 Å². The van der Waals surface area contributed by atoms with E-state index in [2.05, 4.69) is 9.97 Å². The van der Waals surface area contributed by atoms with Crippen molar-refractivity contribution < 1.29 is 4.79 Å². The molecule has 0 spiro atoms. The van der Waals surface area contributed by atoms with Gasteiger partial charge in [0.1, 0.15) is 0 Å². The molecule has 0 saturated heterocycles. The van der Waals surface area contributed by atoms with E-state index in [1.807, 2.05) is 24.3 Å². The van der Waals surface area contributed by atoms with Gasteiger partial charge in [-0.15, -0.1) is 0 Å². The van der Waals surface area contributed by atoms with Crippen LogP contribution >= 0.6 is 0 Å². The number of aromatic amines is 1. The highest BCUT2D eigenvalue weighted by Gasteiger charge is 2.06. The van der Waals surface area contributed by atoms with E-state index in [0.29, 0.717) is 5.56 Å². The number of rotatable bonds is 1. The van der Waals surface area contributed by atoms with Crippen LogP contribution in [0.4, 0.5) is 0 Å². The van der Waals surface area contributed by atoms with Crippen molar-refractivity contribution >= 4 is 28.1 Å². The normalized spacial score (nSPS) is 10.9. The van der Waals surface area contributed by atoms with Gasteiger partial charge < -0.3 is 4.98 Å². The Morgan fingerprint density at radius 2 is 2.20 bits per heavy atom. The van der Waals surface area contributed by atoms with E-state index in [1.165, 1.54) is 0 Å². The third-order valence-corrected chi connectivity index (χ3v) is 2.58. The van der Waals surface area contributed by atoms with E-state index in [0.717, 1.165) is 28.1 Å². The molecule has 0 unspecified atom stereocenters. The number of H-pyrrole nitrogens is 1. The summed E-state index contributed by atoms with van der Waals surface area (Å²) in [5.74, 6) is 0. The average Bonchev–Trinajstić information content (AvgIpc) is 2.72. The monoisotopic (exact) mass is 196 g/mol. The quantitative estimate of drug-likeness (QED) is 0.608. The van der Waals surface area contributed by atoms with E-state index >= 15 is 0 Å². The molecule has 3 nitrogen and oxygen atoms in total. The van der Waals surface area contributed by atoms with Crippen molar-refractivity contribution in [3.63, 3.8) is 0 Å². The van der Waals surface area contributed by atoms with Crippen molar-refractivity contribution in [1.82, 2.24) is 9.97 Å². The van der Waals surface area contributed by atoms with E-state index < -0.39 is 0 Å². The summed E-state index contributed by atoms with van der Waals surface area (Å²) >= 11 is 0. The van der Waals surface area contributed by atoms with Gasteiger partial charge in [0.2, 0.25) is 0 Å². The standard InChI is InChI=1S/C12H8N2O/c15-7-9-6-14-12-10(9)4-3-8-2-1-5-13-11(8)12/h1-7,14H. The number of hydrogen-bond donors (Lipinski definition) is 1. The van der Waals surface area contributed by atoms with Crippen LogP contribution in [0.5, 0.6) is 0 Å². The minimum absolute atomic E-state index is 0.678. The minimum atomic E-state index is 0.678. The molecule has 0 radical (unpaired) electrons. The molecule has 3 aromatic rings. The largest absolute Gasteiger partial charge is 0.359 e. The molecule has 0 amide bonds. The molecule has 0 atom stereocenters. The second kappa shape index (κ2) is 2.92. The second-order valence-electron chi connectivity index (χ2n) is 3.43. The van der Waals surface area contributed by atoms with Crippen LogP contribution in [0, 0.1) is 0 Å². The summed E-state index contributed by atoms with van der Waals surface area (Å²) in [5, 5.41) is 2.00. The summed E-state index contributed by atoms with van der Waals surface area (Å²) in [5.41, 5.74) is 2.51. The van der Waals surface area contributed by atoms with Crippen LogP contribution in [0.2, 0.25) is 0 Å². The van der Waals surface area contributed by atoms with Crippen molar-refractivity contribution in [2.75, 3.05) is 0 Å². The minimum Gasteiger partial charge on any atom is -0.359 e. The number of aldehydes is 1. The number of aromatic nitrogens is 2. The van der Waals surface area contributed by atoms with Crippen LogP contribution in [-0.4, -0.2) is 16.3 Å². The predicted octanol–water partition coefficient (Wildman–Crippen LogP) is 2.53. The lowest BCUT2D eigenvalue weighted by molar-refractivity contribution is 0.112. The Hall–Kier alpha value is -2.16. The number of nitrogens with zero attached hydrogens (tertiary/aromatic N) is 1. The van der Waals surface area contributed by atoms with Crippen LogP contribution < -0.4 is 0 Å². The molecule has 2 heterocycles. The molecule has 3 rings (SSSR count). The molecule has 0 aliphatic carbocycles. The smallest absolute Gasteiger partial charge is 0.152 e. The first-order valence-electron chi connectivity index (χ1n) is 4.70. The van der Waals surface area contributed by atoms with Crippen LogP contribution in [0.1, 0.15) is 10.4 Å². The molecule has 1 N–H and O–H groups in total. The summed E-state index contributed by atoms with van der Waals surface area (Å²) < 4.78 is 0. The predicted molar refractivity (Wildman–Crippen MR) is 59.0 cm³/mol. The van der Waals surface area contributed by atoms with Crippen molar-refractivity contribution in [3.8, 4) is 0 Å². The fraction of sp³-hybridized carbons (Fsp3) is 0. The van der Waals surface area contributed by atoms with Crippen molar-refractivity contribution in [3.05, 3.63) is 42.2 Å². The number of carbonyl (C=O) groups is 1. The molecule has 0 aliphatic heterocycles. The number of hydrogen-bond acceptors (Lipinski definition) is 2. The number of fused-ring (bicyclic) bond motifs is 3. The molecule has 15 heavy (non-hydrogen) atoms. The summed E-state index contributed by atoms with van der Waals surface area (Å²) in [6, 6.07) is 7.83. The van der Waals surface area contributed by atoms with Gasteiger partial charge in [0, 0.05) is 28.7 Å². The maximum absolute atomic E-state index is 10.8. The van der Waals surface area contributed by atoms with E-state index in [4.69, 9.17) is 0 Å². The average molecular weight is 196 g/mol. The fourth-order valence-corrected chi connectivity index (χ4v) is 1.86. The van der Waals surface area contributed by atoms with Gasteiger partial charge in [0.25, 0.3) is 0 Å².